The van der Waals surface area contributed by atoms with E-state index in [1.165, 1.54) is 18.2 Å². The van der Waals surface area contributed by atoms with E-state index in [4.69, 9.17) is 0 Å². The number of carbonyl (C=O) groups is 1. The predicted octanol–water partition coefficient (Wildman–Crippen LogP) is 1.89. The van der Waals surface area contributed by atoms with Gasteiger partial charge < -0.3 is 10.1 Å². The monoisotopic (exact) mass is 371 g/mol. The van der Waals surface area contributed by atoms with E-state index in [9.17, 15) is 9.59 Å². The van der Waals surface area contributed by atoms with Crippen LogP contribution in [0.4, 0.5) is 5.69 Å². The van der Waals surface area contributed by atoms with E-state index in [0.29, 0.717) is 16.7 Å². The number of hydrogen-bond acceptors (Lipinski definition) is 6. The van der Waals surface area contributed by atoms with Crippen molar-refractivity contribution in [3.63, 3.8) is 0 Å². The van der Waals surface area contributed by atoms with Gasteiger partial charge in [0.1, 0.15) is 11.0 Å². The molecule has 0 atom stereocenters. The lowest BCUT2D eigenvalue weighted by Crippen LogP contribution is -2.28. The highest BCUT2D eigenvalue weighted by Crippen LogP contribution is 2.16. The molecule has 0 aliphatic heterocycles. The fraction of sp³-hybridized carbons (Fsp3) is 0.308. The predicted molar refractivity (Wildman–Crippen MR) is 84.7 cm³/mol. The first kappa shape index (κ1) is 15.7. The van der Waals surface area contributed by atoms with Gasteiger partial charge in [-0.15, -0.1) is 11.3 Å². The Labute approximate surface area is 133 Å². The van der Waals surface area contributed by atoms with Gasteiger partial charge in [-0.3, -0.25) is 9.59 Å². The molecule has 0 aliphatic carbocycles. The number of thiophene rings is 1. The van der Waals surface area contributed by atoms with Gasteiger partial charge in [0.2, 0.25) is 0 Å². The van der Waals surface area contributed by atoms with Crippen molar-refractivity contribution in [3.05, 3.63) is 43.4 Å². The third-order valence-electron chi connectivity index (χ3n) is 2.76. The van der Waals surface area contributed by atoms with Crippen molar-refractivity contribution in [2.24, 2.45) is 0 Å². The van der Waals surface area contributed by atoms with Crippen LogP contribution in [-0.2, 0) is 22.5 Å². The van der Waals surface area contributed by atoms with Crippen LogP contribution in [0.3, 0.4) is 0 Å². The zero-order valence-corrected chi connectivity index (χ0v) is 13.7. The Morgan fingerprint density at radius 1 is 1.57 bits per heavy atom. The molecule has 0 amide bonds. The fourth-order valence-electron chi connectivity index (χ4n) is 1.66. The summed E-state index contributed by atoms with van der Waals surface area (Å²) in [4.78, 5) is 24.5. The van der Waals surface area contributed by atoms with Gasteiger partial charge in [-0.25, -0.2) is 4.68 Å². The molecule has 8 heteroatoms. The lowest BCUT2D eigenvalue weighted by atomic mass is 10.3. The number of hydrogen-bond donors (Lipinski definition) is 1. The SMILES string of the molecule is COC(=O)Cn1ncc(NCCc2cccs2)c(Br)c1=O. The summed E-state index contributed by atoms with van der Waals surface area (Å²) in [6.45, 7) is 0.491. The molecule has 112 valence electrons. The summed E-state index contributed by atoms with van der Waals surface area (Å²) in [7, 11) is 1.27. The molecule has 0 radical (unpaired) electrons. The number of esters is 1. The molecule has 0 bridgehead atoms. The number of methoxy groups -OCH3 is 1. The minimum absolute atomic E-state index is 0.205. The molecule has 21 heavy (non-hydrogen) atoms. The zero-order valence-electron chi connectivity index (χ0n) is 11.3. The molecule has 2 heterocycles. The van der Waals surface area contributed by atoms with Crippen LogP contribution in [0, 0.1) is 0 Å². The van der Waals surface area contributed by atoms with Crippen LogP contribution in [0.5, 0.6) is 0 Å². The second kappa shape index (κ2) is 7.37. The van der Waals surface area contributed by atoms with Crippen molar-refractivity contribution < 1.29 is 9.53 Å². The van der Waals surface area contributed by atoms with Crippen LogP contribution in [0.2, 0.25) is 0 Å². The number of anilines is 1. The highest BCUT2D eigenvalue weighted by Gasteiger charge is 2.11. The standard InChI is InChI=1S/C13H14BrN3O3S/c1-20-11(18)8-17-13(19)12(14)10(7-16-17)15-5-4-9-3-2-6-21-9/h2-3,6-7,15H,4-5,8H2,1H3. The molecule has 2 aromatic rings. The Morgan fingerprint density at radius 2 is 2.38 bits per heavy atom. The molecule has 2 aromatic heterocycles. The number of nitrogens with zero attached hydrogens (tertiary/aromatic N) is 2. The summed E-state index contributed by atoms with van der Waals surface area (Å²) in [6.07, 6.45) is 2.39. The van der Waals surface area contributed by atoms with Crippen LogP contribution >= 0.6 is 27.3 Å². The molecule has 6 nitrogen and oxygen atoms in total. The molecule has 0 fully saturated rings. The molecule has 0 saturated carbocycles. The van der Waals surface area contributed by atoms with Crippen molar-refractivity contribution >= 4 is 38.9 Å². The molecule has 2 rings (SSSR count). The Kier molecular flexibility index (Phi) is 5.51. The van der Waals surface area contributed by atoms with Gasteiger partial charge in [-0.05, 0) is 33.8 Å². The average Bonchev–Trinajstić information content (AvgIpc) is 2.99. The lowest BCUT2D eigenvalue weighted by molar-refractivity contribution is -0.141. The number of carbonyl (C=O) groups excluding carboxylic acids is 1. The summed E-state index contributed by atoms with van der Waals surface area (Å²) in [6, 6.07) is 4.07. The van der Waals surface area contributed by atoms with Gasteiger partial charge in [-0.2, -0.15) is 5.10 Å². The molecule has 0 unspecified atom stereocenters. The van der Waals surface area contributed by atoms with E-state index in [1.54, 1.807) is 11.3 Å². The highest BCUT2D eigenvalue weighted by atomic mass is 79.9. The van der Waals surface area contributed by atoms with Crippen LogP contribution < -0.4 is 10.9 Å². The van der Waals surface area contributed by atoms with Gasteiger partial charge in [0.25, 0.3) is 5.56 Å². The van der Waals surface area contributed by atoms with E-state index < -0.39 is 5.97 Å². The maximum Gasteiger partial charge on any atom is 0.327 e. The number of halogens is 1. The zero-order chi connectivity index (χ0) is 15.2. The highest BCUT2D eigenvalue weighted by molar-refractivity contribution is 9.10. The first-order chi connectivity index (χ1) is 10.1. The number of nitrogens with one attached hydrogen (secondary N) is 1. The van der Waals surface area contributed by atoms with Crippen molar-refractivity contribution in [2.75, 3.05) is 19.0 Å². The summed E-state index contributed by atoms with van der Waals surface area (Å²) < 4.78 is 5.93. The Bertz CT molecular complexity index is 670. The molecule has 0 saturated heterocycles. The van der Waals surface area contributed by atoms with Gasteiger partial charge in [-0.1, -0.05) is 6.07 Å². The number of aromatic nitrogens is 2. The summed E-state index contributed by atoms with van der Waals surface area (Å²) in [5.41, 5.74) is 0.235. The smallest absolute Gasteiger partial charge is 0.327 e. The molecule has 1 N–H and O–H groups in total. The molecular weight excluding hydrogens is 358 g/mol. The van der Waals surface area contributed by atoms with Gasteiger partial charge in [0.15, 0.2) is 0 Å². The van der Waals surface area contributed by atoms with Crippen molar-refractivity contribution in [3.8, 4) is 0 Å². The van der Waals surface area contributed by atoms with Gasteiger partial charge >= 0.3 is 5.97 Å². The lowest BCUT2D eigenvalue weighted by Gasteiger charge is -2.09. The summed E-state index contributed by atoms with van der Waals surface area (Å²) >= 11 is 4.93. The number of rotatable bonds is 6. The van der Waals surface area contributed by atoms with Crippen LogP contribution in [0.15, 0.2) is 33.0 Å². The average molecular weight is 372 g/mol. The van der Waals surface area contributed by atoms with Crippen LogP contribution in [0.25, 0.3) is 0 Å². The molecule has 0 aliphatic rings. The Hall–Kier alpha value is -1.67. The fourth-order valence-corrected chi connectivity index (χ4v) is 2.82. The topological polar surface area (TPSA) is 73.2 Å². The van der Waals surface area contributed by atoms with E-state index in [0.717, 1.165) is 11.1 Å². The van der Waals surface area contributed by atoms with Gasteiger partial charge in [0.05, 0.1) is 19.0 Å². The van der Waals surface area contributed by atoms with Crippen molar-refractivity contribution in [2.45, 2.75) is 13.0 Å². The first-order valence-corrected chi connectivity index (χ1v) is 7.87. The molecular formula is C13H14BrN3O3S. The first-order valence-electron chi connectivity index (χ1n) is 6.20. The van der Waals surface area contributed by atoms with E-state index in [2.05, 4.69) is 37.1 Å². The maximum absolute atomic E-state index is 12.0. The largest absolute Gasteiger partial charge is 0.468 e. The minimum Gasteiger partial charge on any atom is -0.468 e. The Balaban J connectivity index is 2.02. The minimum atomic E-state index is -0.519. The molecule has 0 aromatic carbocycles. The second-order valence-corrected chi connectivity index (χ2v) is 5.99. The summed E-state index contributed by atoms with van der Waals surface area (Å²) in [5, 5.41) is 9.14. The van der Waals surface area contributed by atoms with Crippen LogP contribution in [0.1, 0.15) is 4.88 Å². The van der Waals surface area contributed by atoms with E-state index in [-0.39, 0.29) is 12.1 Å². The van der Waals surface area contributed by atoms with Crippen LogP contribution in [-0.4, -0.2) is 29.4 Å². The normalized spacial score (nSPS) is 10.4. The third kappa shape index (κ3) is 4.15. The third-order valence-corrected chi connectivity index (χ3v) is 4.46. The molecule has 0 spiro atoms. The summed E-state index contributed by atoms with van der Waals surface area (Å²) in [5.74, 6) is -0.519. The van der Waals surface area contributed by atoms with E-state index in [1.807, 2.05) is 11.4 Å². The van der Waals surface area contributed by atoms with Crippen molar-refractivity contribution in [1.29, 1.82) is 0 Å². The van der Waals surface area contributed by atoms with E-state index >= 15 is 0 Å². The van der Waals surface area contributed by atoms with Crippen molar-refractivity contribution in [1.82, 2.24) is 9.78 Å². The second-order valence-electron chi connectivity index (χ2n) is 4.17. The Morgan fingerprint density at radius 3 is 3.05 bits per heavy atom. The maximum atomic E-state index is 12.0. The van der Waals surface area contributed by atoms with Gasteiger partial charge in [0, 0.05) is 11.4 Å². The quantitative estimate of drug-likeness (QED) is 0.785. The number of ether oxygens (including phenoxy) is 1.